The number of nitrogens with zero attached hydrogens (tertiary/aromatic N) is 4. The van der Waals surface area contributed by atoms with Crippen LogP contribution in [0, 0.1) is 0 Å². The summed E-state index contributed by atoms with van der Waals surface area (Å²) < 4.78 is 22.9. The first kappa shape index (κ1) is 33.5. The number of carbonyl (C=O) groups is 4. The fourth-order valence-corrected chi connectivity index (χ4v) is 3.51. The van der Waals surface area contributed by atoms with Gasteiger partial charge in [-0.3, -0.25) is 15.4 Å². The predicted molar refractivity (Wildman–Crippen MR) is 160 cm³/mol. The highest BCUT2D eigenvalue weighted by atomic mass is 16.6. The van der Waals surface area contributed by atoms with E-state index in [0.29, 0.717) is 5.56 Å². The lowest BCUT2D eigenvalue weighted by Gasteiger charge is -2.22. The molecule has 0 radical (unpaired) electrons. The number of ether oxygens (including phenoxy) is 4. The quantitative estimate of drug-likeness (QED) is 0.176. The fourth-order valence-electron chi connectivity index (χ4n) is 3.51. The van der Waals surface area contributed by atoms with Gasteiger partial charge in [-0.15, -0.1) is 0 Å². The smallest absolute Gasteiger partial charge is 0.414 e. The number of hydrogen-bond donors (Lipinski definition) is 2. The molecular weight excluding hydrogens is 572 g/mol. The summed E-state index contributed by atoms with van der Waals surface area (Å²) >= 11 is 0. The molecule has 0 saturated heterocycles. The number of alkyl carbamates (subject to hydrolysis) is 2. The molecule has 2 heterocycles. The Morgan fingerprint density at radius 1 is 0.818 bits per heavy atom. The largest absolute Gasteiger partial charge is 0.460 e. The van der Waals surface area contributed by atoms with Gasteiger partial charge in [0.1, 0.15) is 23.1 Å². The third-order valence-corrected chi connectivity index (χ3v) is 4.95. The lowest BCUT2D eigenvalue weighted by Crippen LogP contribution is -2.47. The maximum absolute atomic E-state index is 13.0. The van der Waals surface area contributed by atoms with Crippen molar-refractivity contribution in [3.05, 3.63) is 54.0 Å². The van der Waals surface area contributed by atoms with Crippen LogP contribution in [-0.4, -0.2) is 61.5 Å². The molecule has 2 amide bonds. The van der Waals surface area contributed by atoms with E-state index in [1.807, 2.05) is 0 Å². The zero-order valence-corrected chi connectivity index (χ0v) is 26.3. The van der Waals surface area contributed by atoms with Crippen molar-refractivity contribution < 1.29 is 38.1 Å². The van der Waals surface area contributed by atoms with Crippen LogP contribution in [0.15, 0.2) is 47.8 Å². The van der Waals surface area contributed by atoms with E-state index in [9.17, 15) is 19.2 Å². The summed E-state index contributed by atoms with van der Waals surface area (Å²) in [5.41, 5.74) is -1.01. The first-order valence-corrected chi connectivity index (χ1v) is 13.7. The van der Waals surface area contributed by atoms with Crippen LogP contribution in [0.25, 0.3) is 5.65 Å². The van der Waals surface area contributed by atoms with Gasteiger partial charge in [-0.2, -0.15) is 5.10 Å². The maximum Gasteiger partial charge on any atom is 0.414 e. The number of pyridine rings is 1. The van der Waals surface area contributed by atoms with Crippen molar-refractivity contribution in [2.75, 3.05) is 0 Å². The minimum Gasteiger partial charge on any atom is -0.460 e. The van der Waals surface area contributed by atoms with Crippen LogP contribution in [0.3, 0.4) is 0 Å². The van der Waals surface area contributed by atoms with E-state index in [-0.39, 0.29) is 35.0 Å². The molecule has 44 heavy (non-hydrogen) atoms. The molecule has 0 saturated carbocycles. The van der Waals surface area contributed by atoms with E-state index in [0.717, 1.165) is 0 Å². The Hall–Kier alpha value is -5.01. The Balaban J connectivity index is 1.80. The summed E-state index contributed by atoms with van der Waals surface area (Å²) in [4.78, 5) is 58.5. The summed E-state index contributed by atoms with van der Waals surface area (Å²) in [6, 6.07) is 7.39. The van der Waals surface area contributed by atoms with Crippen molar-refractivity contribution in [3.8, 4) is 5.75 Å². The van der Waals surface area contributed by atoms with Gasteiger partial charge < -0.3 is 18.9 Å². The minimum atomic E-state index is -0.846. The molecule has 0 unspecified atom stereocenters. The van der Waals surface area contributed by atoms with Gasteiger partial charge in [0.15, 0.2) is 11.4 Å². The van der Waals surface area contributed by atoms with Crippen LogP contribution in [-0.2, 0) is 25.4 Å². The predicted octanol–water partition coefficient (Wildman–Crippen LogP) is 4.87. The third-order valence-electron chi connectivity index (χ3n) is 4.95. The molecule has 0 bridgehead atoms. The van der Waals surface area contributed by atoms with Crippen molar-refractivity contribution in [3.63, 3.8) is 0 Å². The van der Waals surface area contributed by atoms with Gasteiger partial charge in [-0.1, -0.05) is 0 Å². The van der Waals surface area contributed by atoms with Crippen LogP contribution in [0.5, 0.6) is 5.75 Å². The molecule has 2 N–H and O–H groups in total. The zero-order chi connectivity index (χ0) is 32.9. The number of rotatable bonds is 5. The second kappa shape index (κ2) is 13.1. The number of hydrogen-bond acceptors (Lipinski definition) is 11. The summed E-state index contributed by atoms with van der Waals surface area (Å²) in [6.07, 6.45) is 1.14. The highest BCUT2D eigenvalue weighted by molar-refractivity contribution is 6.02. The summed E-state index contributed by atoms with van der Waals surface area (Å²) in [6.45, 7) is 15.4. The average molecular weight is 611 g/mol. The van der Waals surface area contributed by atoms with Crippen molar-refractivity contribution in [2.45, 2.75) is 85.5 Å². The van der Waals surface area contributed by atoms with E-state index < -0.39 is 40.9 Å². The molecule has 0 spiro atoms. The molecule has 14 heteroatoms. The monoisotopic (exact) mass is 610 g/mol. The number of amides is 2. The van der Waals surface area contributed by atoms with E-state index in [1.165, 1.54) is 41.2 Å². The lowest BCUT2D eigenvalue weighted by molar-refractivity contribution is -0.153. The van der Waals surface area contributed by atoms with Crippen LogP contribution in [0.1, 0.15) is 78.2 Å². The molecule has 0 aliphatic heterocycles. The van der Waals surface area contributed by atoms with Gasteiger partial charge in [0.2, 0.25) is 5.96 Å². The molecule has 0 aliphatic carbocycles. The molecule has 0 atom stereocenters. The normalized spacial score (nSPS) is 11.8. The number of aromatic nitrogens is 3. The first-order chi connectivity index (χ1) is 20.3. The third kappa shape index (κ3) is 11.0. The highest BCUT2D eigenvalue weighted by Gasteiger charge is 2.22. The Morgan fingerprint density at radius 3 is 1.89 bits per heavy atom. The number of nitrogens with one attached hydrogen (secondary N) is 2. The van der Waals surface area contributed by atoms with Crippen molar-refractivity contribution in [1.29, 1.82) is 0 Å². The van der Waals surface area contributed by atoms with Gasteiger partial charge in [0, 0.05) is 6.20 Å². The number of esters is 2. The van der Waals surface area contributed by atoms with Crippen LogP contribution in [0.4, 0.5) is 15.3 Å². The van der Waals surface area contributed by atoms with Crippen molar-refractivity contribution in [2.24, 2.45) is 4.99 Å². The standard InChI is InChI=1S/C30H38N6O8/c1-28(2,3)42-22(37)15-18-14-21(23-31-17-32-36(23)16-18)41-24(38)19-10-12-20(13-11-19)33-25(34-26(39)43-29(4,5)6)35-27(40)44-30(7,8)9/h10-14,16-17H,15H2,1-9H3,(H2,33,34,35,39,40). The summed E-state index contributed by atoms with van der Waals surface area (Å²) in [5, 5.41) is 8.87. The van der Waals surface area contributed by atoms with Crippen LogP contribution < -0.4 is 15.4 Å². The average Bonchev–Trinajstić information content (AvgIpc) is 3.29. The van der Waals surface area contributed by atoms with Gasteiger partial charge >= 0.3 is 24.1 Å². The summed E-state index contributed by atoms with van der Waals surface area (Å²) in [7, 11) is 0. The Labute approximate surface area is 255 Å². The highest BCUT2D eigenvalue weighted by Crippen LogP contribution is 2.23. The second-order valence-electron chi connectivity index (χ2n) is 12.7. The lowest BCUT2D eigenvalue weighted by atomic mass is 10.1. The number of fused-ring (bicyclic) bond motifs is 1. The molecule has 0 aliphatic rings. The Bertz CT molecular complexity index is 1530. The minimum absolute atomic E-state index is 0.0681. The van der Waals surface area contributed by atoms with Gasteiger partial charge in [-0.05, 0) is 98.2 Å². The van der Waals surface area contributed by atoms with Gasteiger partial charge in [0.25, 0.3) is 0 Å². The number of guanidine groups is 1. The van der Waals surface area contributed by atoms with Gasteiger partial charge in [-0.25, -0.2) is 28.9 Å². The Morgan fingerprint density at radius 2 is 1.36 bits per heavy atom. The molecule has 236 valence electrons. The molecule has 2 aromatic heterocycles. The zero-order valence-electron chi connectivity index (χ0n) is 26.3. The summed E-state index contributed by atoms with van der Waals surface area (Å²) in [5.74, 6) is -1.31. The number of benzene rings is 1. The second-order valence-corrected chi connectivity index (χ2v) is 12.7. The molecule has 3 rings (SSSR count). The topological polar surface area (TPSA) is 172 Å². The Kier molecular flexibility index (Phi) is 9.97. The van der Waals surface area contributed by atoms with Crippen LogP contribution in [0.2, 0.25) is 0 Å². The van der Waals surface area contributed by atoms with Gasteiger partial charge in [0.05, 0.1) is 17.7 Å². The van der Waals surface area contributed by atoms with Crippen molar-refractivity contribution >= 4 is 41.4 Å². The molecule has 0 fully saturated rings. The van der Waals surface area contributed by atoms with Crippen molar-refractivity contribution in [1.82, 2.24) is 25.2 Å². The first-order valence-electron chi connectivity index (χ1n) is 13.7. The number of aliphatic imine (C=N–C) groups is 1. The molecule has 1 aromatic carbocycles. The molecular formula is C30H38N6O8. The van der Waals surface area contributed by atoms with E-state index >= 15 is 0 Å². The maximum atomic E-state index is 13.0. The van der Waals surface area contributed by atoms with E-state index in [2.05, 4.69) is 25.7 Å². The fraction of sp³-hybridized carbons (Fsp3) is 0.433. The van der Waals surface area contributed by atoms with E-state index in [4.69, 9.17) is 18.9 Å². The number of carbonyl (C=O) groups excluding carboxylic acids is 4. The molecule has 14 nitrogen and oxygen atoms in total. The SMILES string of the molecule is CC(C)(C)OC(=O)Cc1cc(OC(=O)c2ccc(N=C(NC(=O)OC(C)(C)C)NC(=O)OC(C)(C)C)cc2)c2ncnn2c1. The van der Waals surface area contributed by atoms with E-state index in [1.54, 1.807) is 68.5 Å². The van der Waals surface area contributed by atoms with Crippen LogP contribution >= 0.6 is 0 Å². The molecule has 3 aromatic rings.